The summed E-state index contributed by atoms with van der Waals surface area (Å²) >= 11 is 0. The molecule has 16 amide bonds. The van der Waals surface area contributed by atoms with E-state index in [1.807, 2.05) is 18.2 Å². The molecule has 0 aliphatic carbocycles. The van der Waals surface area contributed by atoms with Crippen molar-refractivity contribution in [2.24, 2.45) is 17.6 Å². The van der Waals surface area contributed by atoms with Crippen molar-refractivity contribution in [2.75, 3.05) is 26.2 Å². The maximum atomic E-state index is 14.6. The lowest BCUT2D eigenvalue weighted by atomic mass is 9.94. The van der Waals surface area contributed by atoms with Gasteiger partial charge in [0, 0.05) is 45.7 Å². The molecule has 2 saturated heterocycles. The maximum absolute atomic E-state index is 14.6. The second-order valence-electron chi connectivity index (χ2n) is 32.3. The zero-order chi connectivity index (χ0) is 84.2. The number of carbonyl (C=O) groups excluding carboxylic acids is 16. The van der Waals surface area contributed by atoms with E-state index in [0.717, 1.165) is 20.9 Å². The molecule has 0 radical (unpaired) electrons. The van der Waals surface area contributed by atoms with Gasteiger partial charge in [0.1, 0.15) is 75.5 Å². The standard InChI is InChI=1S/C76H118N16O19/c1-19-76(18,70(111)92-39-49(96)35-53(92)62(103)79-43(6)58(99)81-47(40-93)33-45-26-22-20-23-27-45)87-59(100)50(30-31-55(77)97)83-63(104)54-36-48(95)38-91(54)69(110)75(16,17)90-67(108)73(12,13)85-60(101)51(32-41(2)3)82-56(98)37-78-64(105)57(42(4)5)84-65(106)71(8,9)88-68(109)74(14,15)89-66(107)72(10,11)86-61(102)52(80-44(7)94)34-46-28-24-21-25-29-46/h20-29,41-43,47-54,57,93,95-96H,19,30-40H2,1-18H3,(H2,77,97)(H,78,105)(H,79,103)(H,80,94)(H,81,99)(H,82,98)(H,83,104)(H,84,106)(H,85,101)(H,86,102)(H,87,100)(H,88,109)(H,89,107)(H,90,108)/t43-,47-,48+,49-,50+,51-,52-,53+,54-,57+,76-/m0/s1. The molecule has 0 bridgehead atoms. The Hall–Kier alpha value is -10.2. The van der Waals surface area contributed by atoms with Crippen LogP contribution in [-0.4, -0.2) is 240 Å². The van der Waals surface area contributed by atoms with Crippen LogP contribution in [0.5, 0.6) is 0 Å². The zero-order valence-electron chi connectivity index (χ0n) is 67.0. The van der Waals surface area contributed by atoms with Crippen LogP contribution in [-0.2, 0) is 89.6 Å². The van der Waals surface area contributed by atoms with Gasteiger partial charge in [-0.1, -0.05) is 95.3 Å². The van der Waals surface area contributed by atoms with Crippen LogP contribution in [0.1, 0.15) is 174 Å². The summed E-state index contributed by atoms with van der Waals surface area (Å²) in [5, 5.41) is 65.5. The number of nitrogens with two attached hydrogens (primary N) is 1. The molecule has 2 heterocycles. The molecule has 616 valence electrons. The quantitative estimate of drug-likeness (QED) is 0.0321. The predicted molar refractivity (Wildman–Crippen MR) is 406 cm³/mol. The summed E-state index contributed by atoms with van der Waals surface area (Å²) in [6.45, 7) is 23.9. The number of likely N-dealkylation sites (tertiary alicyclic amines) is 2. The third kappa shape index (κ3) is 27.4. The number of aliphatic hydroxyl groups is 3. The largest absolute Gasteiger partial charge is 0.394 e. The highest BCUT2D eigenvalue weighted by atomic mass is 16.3. The van der Waals surface area contributed by atoms with Gasteiger partial charge in [0.05, 0.1) is 31.4 Å². The van der Waals surface area contributed by atoms with Crippen LogP contribution in [0.2, 0.25) is 0 Å². The van der Waals surface area contributed by atoms with Crippen molar-refractivity contribution in [3.05, 3.63) is 71.8 Å². The maximum Gasteiger partial charge on any atom is 0.248 e. The third-order valence-corrected chi connectivity index (χ3v) is 19.2. The van der Waals surface area contributed by atoms with Crippen LogP contribution in [0.3, 0.4) is 0 Å². The van der Waals surface area contributed by atoms with Gasteiger partial charge in [-0.15, -0.1) is 0 Å². The summed E-state index contributed by atoms with van der Waals surface area (Å²) in [4.78, 5) is 222. The van der Waals surface area contributed by atoms with E-state index in [1.54, 1.807) is 77.1 Å². The van der Waals surface area contributed by atoms with E-state index in [9.17, 15) is 92.0 Å². The number of amides is 16. The minimum atomic E-state index is -1.90. The molecule has 2 aromatic carbocycles. The van der Waals surface area contributed by atoms with Gasteiger partial charge in [-0.25, -0.2) is 0 Å². The molecule has 2 fully saturated rings. The fourth-order valence-electron chi connectivity index (χ4n) is 12.3. The van der Waals surface area contributed by atoms with E-state index >= 15 is 0 Å². The Morgan fingerprint density at radius 1 is 0.495 bits per heavy atom. The molecule has 35 heteroatoms. The van der Waals surface area contributed by atoms with Crippen LogP contribution < -0.4 is 74.9 Å². The van der Waals surface area contributed by atoms with Crippen LogP contribution >= 0.6 is 0 Å². The zero-order valence-corrected chi connectivity index (χ0v) is 67.0. The van der Waals surface area contributed by atoms with Gasteiger partial charge in [-0.3, -0.25) is 76.7 Å². The van der Waals surface area contributed by atoms with E-state index < -0.39 is 227 Å². The molecule has 2 aliphatic heterocycles. The fourth-order valence-corrected chi connectivity index (χ4v) is 12.3. The average Bonchev–Trinajstić information content (AvgIpc) is 1.73. The van der Waals surface area contributed by atoms with Gasteiger partial charge >= 0.3 is 0 Å². The molecule has 18 N–H and O–H groups in total. The molecule has 35 nitrogen and oxygen atoms in total. The summed E-state index contributed by atoms with van der Waals surface area (Å²) < 4.78 is 0. The highest BCUT2D eigenvalue weighted by molar-refractivity contribution is 6.03. The summed E-state index contributed by atoms with van der Waals surface area (Å²) in [6.07, 6.45) is -3.69. The number of carbonyl (C=O) groups is 16. The Labute approximate surface area is 648 Å². The van der Waals surface area contributed by atoms with Crippen molar-refractivity contribution >= 4 is 94.5 Å². The first-order chi connectivity index (χ1) is 51.3. The normalized spacial score (nSPS) is 18.2. The number of rotatable bonds is 39. The topological polar surface area (TPSA) is 523 Å². The van der Waals surface area contributed by atoms with E-state index in [2.05, 4.69) is 69.1 Å². The molecule has 0 saturated carbocycles. The summed E-state index contributed by atoms with van der Waals surface area (Å²) in [6, 6.07) is 8.00. The Morgan fingerprint density at radius 3 is 1.40 bits per heavy atom. The van der Waals surface area contributed by atoms with E-state index in [0.29, 0.717) is 6.42 Å². The van der Waals surface area contributed by atoms with Gasteiger partial charge < -0.3 is 100.0 Å². The fraction of sp³-hybridized carbons (Fsp3) is 0.632. The van der Waals surface area contributed by atoms with Crippen LogP contribution in [0.25, 0.3) is 0 Å². The van der Waals surface area contributed by atoms with Crippen molar-refractivity contribution < 1.29 is 92.0 Å². The van der Waals surface area contributed by atoms with Crippen LogP contribution in [0.4, 0.5) is 0 Å². The second kappa shape index (κ2) is 39.7. The molecule has 111 heavy (non-hydrogen) atoms. The Kier molecular flexibility index (Phi) is 33.3. The van der Waals surface area contributed by atoms with E-state index in [1.165, 1.54) is 90.0 Å². The van der Waals surface area contributed by atoms with Crippen molar-refractivity contribution in [3.8, 4) is 0 Å². The third-order valence-electron chi connectivity index (χ3n) is 19.2. The van der Waals surface area contributed by atoms with Crippen molar-refractivity contribution in [1.29, 1.82) is 0 Å². The molecular weight excluding hydrogens is 1440 g/mol. The first-order valence-electron chi connectivity index (χ1n) is 37.3. The van der Waals surface area contributed by atoms with Gasteiger partial charge in [0.2, 0.25) is 94.5 Å². The number of primary amides is 1. The van der Waals surface area contributed by atoms with Gasteiger partial charge in [0.25, 0.3) is 0 Å². The first kappa shape index (κ1) is 93.2. The molecule has 2 aromatic rings. The molecule has 0 unspecified atom stereocenters. The van der Waals surface area contributed by atoms with E-state index in [-0.39, 0.29) is 44.6 Å². The summed E-state index contributed by atoms with van der Waals surface area (Å²) in [5.74, 6) is -13.9. The number of hydrogen-bond donors (Lipinski definition) is 17. The Morgan fingerprint density at radius 2 is 0.937 bits per heavy atom. The minimum Gasteiger partial charge on any atom is -0.394 e. The lowest BCUT2D eigenvalue weighted by Crippen LogP contribution is -2.67. The highest BCUT2D eigenvalue weighted by Crippen LogP contribution is 2.27. The number of nitrogens with zero attached hydrogens (tertiary/aromatic N) is 2. The average molecular weight is 1560 g/mol. The Bertz CT molecular complexity index is 3720. The van der Waals surface area contributed by atoms with E-state index in [4.69, 9.17) is 5.73 Å². The smallest absolute Gasteiger partial charge is 0.248 e. The van der Waals surface area contributed by atoms with Gasteiger partial charge in [0.15, 0.2) is 0 Å². The molecule has 2 aliphatic rings. The SMILES string of the molecule is CC[C@](C)(NC(=O)[C@@H](CCC(N)=O)NC(=O)[C@@H]1C[C@@H](O)CN1C(=O)C(C)(C)NC(=O)C(C)(C)NC(=O)[C@H](CC(C)C)NC(=O)CNC(=O)[C@H](NC(=O)C(C)(C)NC(=O)C(C)(C)NC(=O)C(C)(C)NC(=O)[C@H](Cc1ccccc1)NC(C)=O)C(C)C)C(=O)N1C[C@@H](O)C[C@@H]1C(=O)N[C@@H](C)C(=O)N[C@H](CO)Cc1ccccc1. The number of benzene rings is 2. The molecule has 0 aromatic heterocycles. The van der Waals surface area contributed by atoms with Crippen molar-refractivity contribution in [3.63, 3.8) is 0 Å². The second-order valence-corrected chi connectivity index (χ2v) is 32.3. The van der Waals surface area contributed by atoms with Crippen molar-refractivity contribution in [1.82, 2.24) is 78.9 Å². The lowest BCUT2D eigenvalue weighted by molar-refractivity contribution is -0.147. The minimum absolute atomic E-state index is 0.0169. The lowest BCUT2D eigenvalue weighted by Gasteiger charge is -2.37. The molecular formula is C76H118N16O19. The number of β-amino-alcohol motifs (C(OH)–C–C–N with tert-alkyl or cyclic N) is 2. The first-order valence-corrected chi connectivity index (χ1v) is 37.3. The summed E-state index contributed by atoms with van der Waals surface area (Å²) in [7, 11) is 0. The van der Waals surface area contributed by atoms with Gasteiger partial charge in [-0.2, -0.15) is 0 Å². The van der Waals surface area contributed by atoms with Crippen LogP contribution in [0.15, 0.2) is 60.7 Å². The monoisotopic (exact) mass is 1560 g/mol. The Balaban J connectivity index is 1.38. The van der Waals surface area contributed by atoms with Crippen molar-refractivity contribution in [2.45, 2.75) is 270 Å². The molecule has 11 atom stereocenters. The molecule has 0 spiro atoms. The number of hydrogen-bond acceptors (Lipinski definition) is 19. The number of nitrogens with one attached hydrogen (secondary N) is 13. The molecule has 4 rings (SSSR count). The predicted octanol–water partition coefficient (Wildman–Crippen LogP) is -2.82. The summed E-state index contributed by atoms with van der Waals surface area (Å²) in [5.41, 5.74) is -3.57. The highest BCUT2D eigenvalue weighted by Gasteiger charge is 2.50. The van der Waals surface area contributed by atoms with Crippen LogP contribution in [0, 0.1) is 11.8 Å². The number of aliphatic hydroxyl groups excluding tert-OH is 3. The van der Waals surface area contributed by atoms with Gasteiger partial charge in [-0.05, 0) is 132 Å².